The molecule has 1 spiro atoms. The first-order chi connectivity index (χ1) is 16.8. The zero-order chi connectivity index (χ0) is 24.7. The second-order valence-corrected chi connectivity index (χ2v) is 10.4. The summed E-state index contributed by atoms with van der Waals surface area (Å²) in [6.45, 7) is 8.48. The van der Waals surface area contributed by atoms with Crippen LogP contribution in [0.25, 0.3) is 5.57 Å². The average molecular weight is 472 g/mol. The Morgan fingerprint density at radius 3 is 2.40 bits per heavy atom. The van der Waals surface area contributed by atoms with Crippen molar-refractivity contribution < 1.29 is 14.3 Å². The Balaban J connectivity index is 1.40. The minimum atomic E-state index is -0.721. The standard InChI is InChI=1S/C29H33N3O3/c1-17(2)35-28(34)32-26(25-23-8-6-5-7-21(23)15-29(25)13-14-29)27(33)31-22-11-9-20(10-12-22)24-18(3)16-30-19(24)4/h5-12,17,25-26H,13-16H2,1-4H3,(H,31,33)(H,32,34)/t25?,26-/m0/s1. The first-order valence-corrected chi connectivity index (χ1v) is 12.4. The van der Waals surface area contributed by atoms with Crippen molar-refractivity contribution in [3.05, 3.63) is 70.8 Å². The number of fused-ring (bicyclic) bond motifs is 1. The number of nitrogens with one attached hydrogen (secondary N) is 2. The summed E-state index contributed by atoms with van der Waals surface area (Å²) in [5.41, 5.74) is 7.73. The normalized spacial score (nSPS) is 20.5. The Labute approximate surface area is 206 Å². The number of amides is 2. The van der Waals surface area contributed by atoms with E-state index in [4.69, 9.17) is 4.74 Å². The second-order valence-electron chi connectivity index (χ2n) is 10.4. The number of carbonyl (C=O) groups excluding carboxylic acids is 2. The van der Waals surface area contributed by atoms with Gasteiger partial charge in [0.15, 0.2) is 0 Å². The molecule has 6 nitrogen and oxygen atoms in total. The van der Waals surface area contributed by atoms with Crippen molar-refractivity contribution in [2.24, 2.45) is 10.4 Å². The molecule has 5 rings (SSSR count). The fourth-order valence-electron chi connectivity index (χ4n) is 5.77. The highest BCUT2D eigenvalue weighted by molar-refractivity contribution is 6.25. The number of anilines is 1. The van der Waals surface area contributed by atoms with Crippen LogP contribution in [0, 0.1) is 5.41 Å². The van der Waals surface area contributed by atoms with Gasteiger partial charge in [0.05, 0.1) is 12.6 Å². The number of rotatable bonds is 6. The number of nitrogens with zero attached hydrogens (tertiary/aromatic N) is 1. The van der Waals surface area contributed by atoms with E-state index in [9.17, 15) is 9.59 Å². The molecule has 1 saturated carbocycles. The van der Waals surface area contributed by atoms with Crippen molar-refractivity contribution >= 4 is 29.0 Å². The van der Waals surface area contributed by atoms with Crippen LogP contribution >= 0.6 is 0 Å². The smallest absolute Gasteiger partial charge is 0.408 e. The van der Waals surface area contributed by atoms with Crippen molar-refractivity contribution in [3.63, 3.8) is 0 Å². The van der Waals surface area contributed by atoms with Gasteiger partial charge in [0.2, 0.25) is 5.91 Å². The highest BCUT2D eigenvalue weighted by Gasteiger charge is 2.58. The van der Waals surface area contributed by atoms with Gasteiger partial charge in [-0.05, 0) is 86.8 Å². The molecule has 35 heavy (non-hydrogen) atoms. The Morgan fingerprint density at radius 2 is 1.77 bits per heavy atom. The SMILES string of the molecule is CC1=NCC(C)=C1c1ccc(NC(=O)[C@@H](NC(=O)OC(C)C)C2c3ccccc3CC23CC3)cc1. The van der Waals surface area contributed by atoms with Gasteiger partial charge in [-0.3, -0.25) is 9.79 Å². The Bertz CT molecular complexity index is 1220. The molecule has 2 N–H and O–H groups in total. The second kappa shape index (κ2) is 8.99. The van der Waals surface area contributed by atoms with Gasteiger partial charge in [0.1, 0.15) is 6.04 Å². The van der Waals surface area contributed by atoms with Crippen molar-refractivity contribution in [1.82, 2.24) is 5.32 Å². The van der Waals surface area contributed by atoms with E-state index in [-0.39, 0.29) is 23.3 Å². The molecule has 6 heteroatoms. The molecule has 3 aliphatic rings. The summed E-state index contributed by atoms with van der Waals surface area (Å²) in [5, 5.41) is 5.98. The summed E-state index contributed by atoms with van der Waals surface area (Å²) in [7, 11) is 0. The predicted octanol–water partition coefficient (Wildman–Crippen LogP) is 5.50. The molecule has 2 aliphatic carbocycles. The number of hydrogen-bond donors (Lipinski definition) is 2. The van der Waals surface area contributed by atoms with E-state index in [0.29, 0.717) is 5.69 Å². The van der Waals surface area contributed by atoms with Crippen molar-refractivity contribution in [2.45, 2.75) is 65.0 Å². The van der Waals surface area contributed by atoms with Crippen LogP contribution in [0.15, 0.2) is 59.1 Å². The van der Waals surface area contributed by atoms with E-state index in [0.717, 1.165) is 42.6 Å². The van der Waals surface area contributed by atoms with Gasteiger partial charge in [-0.25, -0.2) is 4.79 Å². The van der Waals surface area contributed by atoms with E-state index < -0.39 is 12.1 Å². The first-order valence-electron chi connectivity index (χ1n) is 12.4. The third-order valence-electron chi connectivity index (χ3n) is 7.50. The maximum Gasteiger partial charge on any atom is 0.408 e. The summed E-state index contributed by atoms with van der Waals surface area (Å²) >= 11 is 0. The lowest BCUT2D eigenvalue weighted by molar-refractivity contribution is -0.119. The largest absolute Gasteiger partial charge is 0.447 e. The van der Waals surface area contributed by atoms with E-state index in [1.807, 2.05) is 43.3 Å². The van der Waals surface area contributed by atoms with Crippen molar-refractivity contribution in [3.8, 4) is 0 Å². The van der Waals surface area contributed by atoms with E-state index >= 15 is 0 Å². The molecule has 1 heterocycles. The van der Waals surface area contributed by atoms with Gasteiger partial charge in [0, 0.05) is 22.9 Å². The summed E-state index contributed by atoms with van der Waals surface area (Å²) in [5.74, 6) is -0.303. The first kappa shape index (κ1) is 23.3. The molecule has 182 valence electrons. The molecular formula is C29H33N3O3. The highest BCUT2D eigenvalue weighted by Crippen LogP contribution is 2.64. The number of carbonyl (C=O) groups is 2. The highest BCUT2D eigenvalue weighted by atomic mass is 16.6. The maximum atomic E-state index is 13.7. The molecule has 2 aromatic carbocycles. The van der Waals surface area contributed by atoms with Crippen LogP contribution in [0.4, 0.5) is 10.5 Å². The van der Waals surface area contributed by atoms with Crippen molar-refractivity contribution in [1.29, 1.82) is 0 Å². The van der Waals surface area contributed by atoms with E-state index in [1.54, 1.807) is 13.8 Å². The fourth-order valence-corrected chi connectivity index (χ4v) is 5.77. The van der Waals surface area contributed by atoms with E-state index in [1.165, 1.54) is 16.7 Å². The number of ether oxygens (including phenoxy) is 1. The third kappa shape index (κ3) is 4.49. The molecule has 0 saturated heterocycles. The molecule has 1 fully saturated rings. The van der Waals surface area contributed by atoms with Crippen LogP contribution in [0.1, 0.15) is 63.1 Å². The minimum absolute atomic E-state index is 0.0317. The third-order valence-corrected chi connectivity index (χ3v) is 7.50. The molecule has 2 amide bonds. The Morgan fingerprint density at radius 1 is 1.06 bits per heavy atom. The lowest BCUT2D eigenvalue weighted by Crippen LogP contribution is -2.49. The fraction of sp³-hybridized carbons (Fsp3) is 0.414. The lowest BCUT2D eigenvalue weighted by atomic mass is 9.82. The number of aliphatic imine (C=N–C) groups is 1. The van der Waals surface area contributed by atoms with Crippen molar-refractivity contribution in [2.75, 3.05) is 11.9 Å². The zero-order valence-electron chi connectivity index (χ0n) is 20.9. The topological polar surface area (TPSA) is 79.8 Å². The molecule has 0 aromatic heterocycles. The molecule has 1 aliphatic heterocycles. The van der Waals surface area contributed by atoms with Gasteiger partial charge in [-0.1, -0.05) is 36.4 Å². The minimum Gasteiger partial charge on any atom is -0.447 e. The van der Waals surface area contributed by atoms with Gasteiger partial charge in [-0.2, -0.15) is 0 Å². The average Bonchev–Trinajstić information content (AvgIpc) is 3.39. The summed E-state index contributed by atoms with van der Waals surface area (Å²) in [6, 6.07) is 15.4. The number of allylic oxidation sites excluding steroid dienone is 1. The Kier molecular flexibility index (Phi) is 5.99. The zero-order valence-corrected chi connectivity index (χ0v) is 20.9. The summed E-state index contributed by atoms with van der Waals surface area (Å²) < 4.78 is 5.36. The quantitative estimate of drug-likeness (QED) is 0.584. The van der Waals surface area contributed by atoms with Crippen LogP contribution in [-0.4, -0.2) is 36.4 Å². The summed E-state index contributed by atoms with van der Waals surface area (Å²) in [4.78, 5) is 30.8. The molecule has 0 bridgehead atoms. The van der Waals surface area contributed by atoms with E-state index in [2.05, 4.69) is 34.7 Å². The van der Waals surface area contributed by atoms with Gasteiger partial charge >= 0.3 is 6.09 Å². The van der Waals surface area contributed by atoms with Gasteiger partial charge in [0.25, 0.3) is 0 Å². The van der Waals surface area contributed by atoms with Crippen LogP contribution < -0.4 is 10.6 Å². The molecule has 0 radical (unpaired) electrons. The van der Waals surface area contributed by atoms with Crippen LogP contribution in [-0.2, 0) is 16.0 Å². The lowest BCUT2D eigenvalue weighted by Gasteiger charge is -2.29. The number of alkyl carbamates (subject to hydrolysis) is 1. The summed E-state index contributed by atoms with van der Waals surface area (Å²) in [6.07, 6.45) is 2.23. The molecule has 2 aromatic rings. The number of hydrogen-bond acceptors (Lipinski definition) is 4. The molecule has 1 unspecified atom stereocenters. The van der Waals surface area contributed by atoms with Crippen LogP contribution in [0.2, 0.25) is 0 Å². The molecule has 2 atom stereocenters. The number of benzene rings is 2. The van der Waals surface area contributed by atoms with Crippen LogP contribution in [0.3, 0.4) is 0 Å². The maximum absolute atomic E-state index is 13.7. The Hall–Kier alpha value is -3.41. The predicted molar refractivity (Wildman–Crippen MR) is 139 cm³/mol. The monoisotopic (exact) mass is 471 g/mol. The van der Waals surface area contributed by atoms with Gasteiger partial charge in [-0.15, -0.1) is 0 Å². The van der Waals surface area contributed by atoms with Gasteiger partial charge < -0.3 is 15.4 Å². The molecular weight excluding hydrogens is 438 g/mol. The van der Waals surface area contributed by atoms with Crippen LogP contribution in [0.5, 0.6) is 0 Å².